The largest absolute Gasteiger partial charge is 0.344 e. The van der Waals surface area contributed by atoms with E-state index in [2.05, 4.69) is 10.3 Å². The van der Waals surface area contributed by atoms with Gasteiger partial charge in [0.1, 0.15) is 6.54 Å². The maximum atomic E-state index is 12.3. The Bertz CT molecular complexity index is 925. The number of fused-ring (bicyclic) bond motifs is 1. The van der Waals surface area contributed by atoms with Crippen molar-refractivity contribution in [2.24, 2.45) is 14.1 Å². The minimum atomic E-state index is -0.513. The lowest BCUT2D eigenvalue weighted by Crippen LogP contribution is -2.40. The third-order valence-corrected chi connectivity index (χ3v) is 4.81. The van der Waals surface area contributed by atoms with Crippen LogP contribution in [0, 0.1) is 0 Å². The monoisotopic (exact) mass is 337 g/mol. The molecule has 3 rings (SSSR count). The molecule has 0 aliphatic carbocycles. The van der Waals surface area contributed by atoms with E-state index < -0.39 is 17.3 Å². The number of rotatable bonds is 3. The van der Waals surface area contributed by atoms with Gasteiger partial charge in [-0.1, -0.05) is 11.8 Å². The average molecular weight is 337 g/mol. The first-order valence-corrected chi connectivity index (χ1v) is 7.95. The van der Waals surface area contributed by atoms with Crippen LogP contribution in [-0.2, 0) is 30.2 Å². The molecule has 1 aliphatic rings. The molecular weight excluding hydrogens is 322 g/mol. The van der Waals surface area contributed by atoms with Gasteiger partial charge in [0, 0.05) is 19.8 Å². The van der Waals surface area contributed by atoms with E-state index in [4.69, 9.17) is 0 Å². The van der Waals surface area contributed by atoms with Crippen LogP contribution in [0.1, 0.15) is 6.42 Å². The fraction of sp³-hybridized carbons (Fsp3) is 0.462. The predicted molar refractivity (Wildman–Crippen MR) is 84.2 cm³/mol. The standard InChI is InChI=1S/C13H15N5O4S/c1-16-10-9(11(20)17(2)13(16)22)18(6-14-10)5-8(19)15-7-3-4-23-12(7)21/h6-7H,3-5H2,1-2H3,(H,15,19)/t7-/m0/s1. The fourth-order valence-corrected chi connectivity index (χ4v) is 3.47. The number of carbonyl (C=O) groups excluding carboxylic acids is 2. The SMILES string of the molecule is Cn1c(=O)c2c(ncn2CC(=O)N[C@H]2CCSC2=O)n(C)c1=O. The number of thioether (sulfide) groups is 1. The molecule has 10 heteroatoms. The van der Waals surface area contributed by atoms with Crippen molar-refractivity contribution >= 4 is 33.9 Å². The van der Waals surface area contributed by atoms with Crippen LogP contribution in [-0.4, -0.2) is 41.5 Å². The molecule has 1 amide bonds. The summed E-state index contributed by atoms with van der Waals surface area (Å²) in [5.41, 5.74) is -0.595. The summed E-state index contributed by atoms with van der Waals surface area (Å²) in [5, 5.41) is 2.61. The summed E-state index contributed by atoms with van der Waals surface area (Å²) in [6, 6.07) is -0.477. The molecule has 0 saturated carbocycles. The van der Waals surface area contributed by atoms with Crippen LogP contribution in [0.3, 0.4) is 0 Å². The molecule has 2 aromatic rings. The van der Waals surface area contributed by atoms with E-state index in [1.807, 2.05) is 0 Å². The van der Waals surface area contributed by atoms with E-state index in [-0.39, 0.29) is 28.7 Å². The summed E-state index contributed by atoms with van der Waals surface area (Å²) in [5.74, 6) is 0.321. The minimum Gasteiger partial charge on any atom is -0.344 e. The maximum Gasteiger partial charge on any atom is 0.332 e. The molecule has 2 aromatic heterocycles. The smallest absolute Gasteiger partial charge is 0.332 e. The zero-order valence-corrected chi connectivity index (χ0v) is 13.4. The maximum absolute atomic E-state index is 12.3. The molecule has 122 valence electrons. The summed E-state index contributed by atoms with van der Waals surface area (Å²) < 4.78 is 3.61. The van der Waals surface area contributed by atoms with Gasteiger partial charge in [-0.25, -0.2) is 9.78 Å². The van der Waals surface area contributed by atoms with Gasteiger partial charge in [-0.3, -0.25) is 23.5 Å². The average Bonchev–Trinajstić information content (AvgIpc) is 3.10. The molecular formula is C13H15N5O4S. The van der Waals surface area contributed by atoms with E-state index in [0.717, 1.165) is 4.57 Å². The van der Waals surface area contributed by atoms with Crippen LogP contribution in [0.5, 0.6) is 0 Å². The Morgan fingerprint density at radius 2 is 2.09 bits per heavy atom. The Morgan fingerprint density at radius 1 is 1.35 bits per heavy atom. The van der Waals surface area contributed by atoms with Crippen molar-refractivity contribution in [3.63, 3.8) is 0 Å². The zero-order valence-electron chi connectivity index (χ0n) is 12.6. The quantitative estimate of drug-likeness (QED) is 0.737. The van der Waals surface area contributed by atoms with Gasteiger partial charge in [-0.05, 0) is 6.42 Å². The van der Waals surface area contributed by atoms with E-state index in [0.29, 0.717) is 12.2 Å². The molecule has 0 radical (unpaired) electrons. The van der Waals surface area contributed by atoms with Crippen molar-refractivity contribution < 1.29 is 9.59 Å². The molecule has 1 N–H and O–H groups in total. The van der Waals surface area contributed by atoms with Crippen LogP contribution in [0.4, 0.5) is 0 Å². The van der Waals surface area contributed by atoms with Gasteiger partial charge >= 0.3 is 5.69 Å². The highest BCUT2D eigenvalue weighted by Gasteiger charge is 2.27. The fourth-order valence-electron chi connectivity index (χ4n) is 2.54. The van der Waals surface area contributed by atoms with Crippen LogP contribution < -0.4 is 16.6 Å². The lowest BCUT2D eigenvalue weighted by Gasteiger charge is -2.11. The van der Waals surface area contributed by atoms with Crippen molar-refractivity contribution in [3.05, 3.63) is 27.2 Å². The highest BCUT2D eigenvalue weighted by Crippen LogP contribution is 2.19. The summed E-state index contributed by atoms with van der Waals surface area (Å²) in [4.78, 5) is 51.8. The van der Waals surface area contributed by atoms with Crippen LogP contribution in [0.2, 0.25) is 0 Å². The lowest BCUT2D eigenvalue weighted by molar-refractivity contribution is -0.124. The van der Waals surface area contributed by atoms with Crippen LogP contribution in [0.25, 0.3) is 11.2 Å². The molecule has 1 fully saturated rings. The number of carbonyl (C=O) groups is 2. The van der Waals surface area contributed by atoms with Gasteiger partial charge in [0.25, 0.3) is 5.56 Å². The van der Waals surface area contributed by atoms with Crippen molar-refractivity contribution in [2.75, 3.05) is 5.75 Å². The Morgan fingerprint density at radius 3 is 2.74 bits per heavy atom. The third kappa shape index (κ3) is 2.58. The number of imidazole rings is 1. The second-order valence-corrected chi connectivity index (χ2v) is 6.43. The molecule has 0 bridgehead atoms. The summed E-state index contributed by atoms with van der Waals surface area (Å²) in [6.07, 6.45) is 1.95. The Kier molecular flexibility index (Phi) is 3.84. The first-order chi connectivity index (χ1) is 10.9. The predicted octanol–water partition coefficient (Wildman–Crippen LogP) is -1.42. The van der Waals surface area contributed by atoms with Gasteiger partial charge in [0.15, 0.2) is 11.2 Å². The lowest BCUT2D eigenvalue weighted by atomic mass is 10.2. The molecule has 9 nitrogen and oxygen atoms in total. The normalized spacial score (nSPS) is 17.8. The van der Waals surface area contributed by atoms with Gasteiger partial charge in [0.05, 0.1) is 12.4 Å². The molecule has 0 aromatic carbocycles. The number of amides is 1. The second kappa shape index (κ2) is 5.69. The molecule has 1 aliphatic heterocycles. The van der Waals surface area contributed by atoms with E-state index in [1.54, 1.807) is 0 Å². The molecule has 0 spiro atoms. The summed E-state index contributed by atoms with van der Waals surface area (Å²) >= 11 is 1.20. The minimum absolute atomic E-state index is 0.0489. The van der Waals surface area contributed by atoms with E-state index in [1.165, 1.54) is 41.3 Å². The summed E-state index contributed by atoms with van der Waals surface area (Å²) in [6.45, 7) is -0.140. The number of hydrogen-bond donors (Lipinski definition) is 1. The molecule has 23 heavy (non-hydrogen) atoms. The Hall–Kier alpha value is -2.36. The van der Waals surface area contributed by atoms with E-state index >= 15 is 0 Å². The van der Waals surface area contributed by atoms with Crippen LogP contribution >= 0.6 is 11.8 Å². The van der Waals surface area contributed by atoms with Crippen molar-refractivity contribution in [1.82, 2.24) is 24.0 Å². The first kappa shape index (κ1) is 15.5. The van der Waals surface area contributed by atoms with Gasteiger partial charge in [-0.15, -0.1) is 0 Å². The van der Waals surface area contributed by atoms with E-state index in [9.17, 15) is 19.2 Å². The summed E-state index contributed by atoms with van der Waals surface area (Å²) in [7, 11) is 2.88. The third-order valence-electron chi connectivity index (χ3n) is 3.80. The second-order valence-electron chi connectivity index (χ2n) is 5.33. The molecule has 1 atom stereocenters. The van der Waals surface area contributed by atoms with Crippen LogP contribution in [0.15, 0.2) is 15.9 Å². The van der Waals surface area contributed by atoms with Crippen molar-refractivity contribution in [2.45, 2.75) is 19.0 Å². The number of aryl methyl sites for hydroxylation is 1. The number of nitrogens with zero attached hydrogens (tertiary/aromatic N) is 4. The highest BCUT2D eigenvalue weighted by atomic mass is 32.2. The molecule has 1 saturated heterocycles. The Labute approximate surface area is 134 Å². The number of aromatic nitrogens is 4. The number of hydrogen-bond acceptors (Lipinski definition) is 6. The van der Waals surface area contributed by atoms with Crippen molar-refractivity contribution in [1.29, 1.82) is 0 Å². The first-order valence-electron chi connectivity index (χ1n) is 6.97. The molecule has 0 unspecified atom stereocenters. The van der Waals surface area contributed by atoms with Gasteiger partial charge in [0.2, 0.25) is 11.0 Å². The number of nitrogens with one attached hydrogen (secondary N) is 1. The van der Waals surface area contributed by atoms with Gasteiger partial charge < -0.3 is 9.88 Å². The van der Waals surface area contributed by atoms with Crippen molar-refractivity contribution in [3.8, 4) is 0 Å². The zero-order chi connectivity index (χ0) is 16.7. The highest BCUT2D eigenvalue weighted by molar-refractivity contribution is 8.14. The molecule has 3 heterocycles. The van der Waals surface area contributed by atoms with Gasteiger partial charge in [-0.2, -0.15) is 0 Å². The topological polar surface area (TPSA) is 108 Å². The Balaban J connectivity index is 1.92.